The Bertz CT molecular complexity index is 2080. The normalized spacial score (nSPS) is 11.5. The van der Waals surface area contributed by atoms with Gasteiger partial charge in [-0.3, -0.25) is 14.7 Å². The van der Waals surface area contributed by atoms with Crippen LogP contribution in [0.2, 0.25) is 0 Å². The van der Waals surface area contributed by atoms with Crippen molar-refractivity contribution in [1.29, 1.82) is 5.26 Å². The van der Waals surface area contributed by atoms with Gasteiger partial charge in [0.15, 0.2) is 5.82 Å². The highest BCUT2D eigenvalue weighted by atomic mass is 32.2. The van der Waals surface area contributed by atoms with E-state index < -0.39 is 10.0 Å². The molecule has 0 aliphatic rings. The quantitative estimate of drug-likeness (QED) is 0.145. The van der Waals surface area contributed by atoms with E-state index in [0.29, 0.717) is 28.9 Å². The third-order valence-corrected chi connectivity index (χ3v) is 8.79. The fraction of sp³-hybridized carbons (Fsp3) is 0.125. The van der Waals surface area contributed by atoms with E-state index in [-0.39, 0.29) is 10.7 Å². The number of hydrogen-bond acceptors (Lipinski definition) is 7. The summed E-state index contributed by atoms with van der Waals surface area (Å²) in [5.74, 6) is 0.104. The van der Waals surface area contributed by atoms with Crippen LogP contribution in [0, 0.1) is 11.3 Å². The summed E-state index contributed by atoms with van der Waals surface area (Å²) in [6.07, 6.45) is 4.52. The number of benzene rings is 3. The highest BCUT2D eigenvalue weighted by Gasteiger charge is 2.25. The van der Waals surface area contributed by atoms with Crippen molar-refractivity contribution in [3.63, 3.8) is 0 Å². The Morgan fingerprint density at radius 2 is 1.60 bits per heavy atom. The van der Waals surface area contributed by atoms with Crippen molar-refractivity contribution in [2.24, 2.45) is 0 Å². The predicted octanol–water partition coefficient (Wildman–Crippen LogP) is 6.58. The van der Waals surface area contributed by atoms with Crippen molar-refractivity contribution in [3.05, 3.63) is 114 Å². The second kappa shape index (κ2) is 11.6. The van der Waals surface area contributed by atoms with E-state index in [1.807, 2.05) is 54.6 Å². The molecular weight excluding hydrogens is 565 g/mol. The number of aryl methyl sites for hydroxylation is 1. The number of rotatable bonds is 9. The van der Waals surface area contributed by atoms with Crippen LogP contribution in [-0.2, 0) is 22.9 Å². The molecule has 0 aliphatic heterocycles. The molecule has 6 rings (SSSR count). The molecule has 1 N–H and O–H groups in total. The van der Waals surface area contributed by atoms with Gasteiger partial charge in [0, 0.05) is 17.3 Å². The SMILES string of the molecule is N#Cc1ccnc(-c2c(NS(=O)(=O)c3ccc4ccccc4c3)nn(S)c2CCCCc2ccc3ccccc3n2)c1. The molecule has 3 aromatic heterocycles. The molecule has 0 aliphatic carbocycles. The molecule has 8 nitrogen and oxygen atoms in total. The third kappa shape index (κ3) is 5.70. The smallest absolute Gasteiger partial charge is 0.261 e. The summed E-state index contributed by atoms with van der Waals surface area (Å²) in [6, 6.07) is 30.1. The van der Waals surface area contributed by atoms with Crippen LogP contribution in [0.1, 0.15) is 29.8 Å². The maximum atomic E-state index is 13.5. The van der Waals surface area contributed by atoms with E-state index >= 15 is 0 Å². The van der Waals surface area contributed by atoms with Crippen molar-refractivity contribution < 1.29 is 8.42 Å². The van der Waals surface area contributed by atoms with Gasteiger partial charge in [-0.25, -0.2) is 12.5 Å². The molecule has 3 aromatic carbocycles. The molecule has 0 fully saturated rings. The molecule has 0 saturated heterocycles. The first kappa shape index (κ1) is 27.4. The first-order valence-corrected chi connectivity index (χ1v) is 15.3. The van der Waals surface area contributed by atoms with Crippen molar-refractivity contribution in [1.82, 2.24) is 19.2 Å². The molecule has 0 unspecified atom stereocenters. The van der Waals surface area contributed by atoms with Crippen LogP contribution in [0.25, 0.3) is 32.9 Å². The van der Waals surface area contributed by atoms with Crippen LogP contribution >= 0.6 is 12.8 Å². The molecule has 10 heteroatoms. The van der Waals surface area contributed by atoms with Crippen molar-refractivity contribution in [3.8, 4) is 17.3 Å². The molecule has 208 valence electrons. The summed E-state index contributed by atoms with van der Waals surface area (Å²) >= 11 is 4.55. The van der Waals surface area contributed by atoms with Crippen molar-refractivity contribution in [2.45, 2.75) is 30.6 Å². The van der Waals surface area contributed by atoms with Crippen molar-refractivity contribution in [2.75, 3.05) is 4.72 Å². The van der Waals surface area contributed by atoms with Gasteiger partial charge in [0.2, 0.25) is 0 Å². The third-order valence-electron chi connectivity index (χ3n) is 7.12. The molecule has 0 saturated carbocycles. The fourth-order valence-electron chi connectivity index (χ4n) is 5.01. The molecule has 0 radical (unpaired) electrons. The summed E-state index contributed by atoms with van der Waals surface area (Å²) in [6.45, 7) is 0. The average Bonchev–Trinajstić information content (AvgIpc) is 3.32. The van der Waals surface area contributed by atoms with E-state index in [9.17, 15) is 13.7 Å². The van der Waals surface area contributed by atoms with Crippen LogP contribution in [0.3, 0.4) is 0 Å². The van der Waals surface area contributed by atoms with Gasteiger partial charge in [-0.2, -0.15) is 5.26 Å². The van der Waals surface area contributed by atoms with Gasteiger partial charge in [0.05, 0.1) is 39.0 Å². The number of para-hydroxylation sites is 1. The lowest BCUT2D eigenvalue weighted by Gasteiger charge is -2.10. The van der Waals surface area contributed by atoms with Gasteiger partial charge in [0.1, 0.15) is 0 Å². The Kier molecular flexibility index (Phi) is 7.61. The van der Waals surface area contributed by atoms with Crippen LogP contribution in [0.4, 0.5) is 5.82 Å². The van der Waals surface area contributed by atoms with Crippen LogP contribution in [0.15, 0.2) is 102 Å². The second-order valence-corrected chi connectivity index (χ2v) is 12.0. The molecule has 6 aromatic rings. The van der Waals surface area contributed by atoms with Crippen LogP contribution in [0.5, 0.6) is 0 Å². The Morgan fingerprint density at radius 1 is 0.857 bits per heavy atom. The molecule has 0 amide bonds. The van der Waals surface area contributed by atoms with Crippen LogP contribution in [-0.4, -0.2) is 27.6 Å². The number of unbranched alkanes of at least 4 members (excludes halogenated alkanes) is 1. The number of nitriles is 1. The van der Waals surface area contributed by atoms with Gasteiger partial charge in [-0.1, -0.05) is 54.6 Å². The molecule has 3 heterocycles. The van der Waals surface area contributed by atoms with E-state index in [0.717, 1.165) is 46.6 Å². The summed E-state index contributed by atoms with van der Waals surface area (Å²) in [5.41, 5.74) is 4.03. The van der Waals surface area contributed by atoms with Crippen LogP contribution < -0.4 is 4.72 Å². The minimum absolute atomic E-state index is 0.104. The molecular formula is C32H26N6O2S2. The van der Waals surface area contributed by atoms with Gasteiger partial charge < -0.3 is 0 Å². The zero-order valence-corrected chi connectivity index (χ0v) is 24.2. The van der Waals surface area contributed by atoms with E-state index in [4.69, 9.17) is 4.98 Å². The van der Waals surface area contributed by atoms with E-state index in [1.54, 1.807) is 30.3 Å². The van der Waals surface area contributed by atoms with E-state index in [2.05, 4.69) is 39.8 Å². The standard InChI is InChI=1S/C32H26N6O2S2/c33-21-22-17-18-34-29(19-22)31-30(12-6-4-10-26-15-13-24-8-3-5-11-28(24)35-26)38(41)36-32(31)37-42(39,40)27-16-14-23-7-1-2-9-25(23)20-27/h1-3,5,7-9,11,13-20,41H,4,6,10,12H2,(H,36,37). The fourth-order valence-corrected chi connectivity index (χ4v) is 6.34. The number of nitrogens with zero attached hydrogens (tertiary/aromatic N) is 5. The summed E-state index contributed by atoms with van der Waals surface area (Å²) in [7, 11) is -3.99. The lowest BCUT2D eigenvalue weighted by molar-refractivity contribution is 0.601. The average molecular weight is 591 g/mol. The zero-order chi connectivity index (χ0) is 29.1. The largest absolute Gasteiger partial charge is 0.263 e. The maximum absolute atomic E-state index is 13.5. The number of pyridine rings is 2. The molecule has 0 atom stereocenters. The molecule has 42 heavy (non-hydrogen) atoms. The predicted molar refractivity (Wildman–Crippen MR) is 168 cm³/mol. The summed E-state index contributed by atoms with van der Waals surface area (Å²) < 4.78 is 31.1. The van der Waals surface area contributed by atoms with Gasteiger partial charge >= 0.3 is 0 Å². The number of sulfonamides is 1. The number of anilines is 1. The number of thiol groups is 1. The number of aromatic nitrogens is 4. The summed E-state index contributed by atoms with van der Waals surface area (Å²) in [4.78, 5) is 9.34. The van der Waals surface area contributed by atoms with Gasteiger partial charge in [-0.05, 0) is 85.7 Å². The minimum atomic E-state index is -3.99. The maximum Gasteiger partial charge on any atom is 0.263 e. The first-order chi connectivity index (χ1) is 20.4. The number of fused-ring (bicyclic) bond motifs is 2. The lowest BCUT2D eigenvalue weighted by Crippen LogP contribution is -2.14. The second-order valence-electron chi connectivity index (χ2n) is 9.92. The van der Waals surface area contributed by atoms with E-state index in [1.165, 1.54) is 10.3 Å². The lowest BCUT2D eigenvalue weighted by atomic mass is 10.0. The Morgan fingerprint density at radius 3 is 2.43 bits per heavy atom. The Hall–Kier alpha value is -4.72. The highest BCUT2D eigenvalue weighted by molar-refractivity contribution is 7.92. The molecule has 0 bridgehead atoms. The number of hydrogen-bond donors (Lipinski definition) is 2. The van der Waals surface area contributed by atoms with Gasteiger partial charge in [-0.15, -0.1) is 5.10 Å². The highest BCUT2D eigenvalue weighted by Crippen LogP contribution is 2.34. The van der Waals surface area contributed by atoms with Gasteiger partial charge in [0.25, 0.3) is 10.0 Å². The number of nitrogens with one attached hydrogen (secondary N) is 1. The Balaban J connectivity index is 1.28. The van der Waals surface area contributed by atoms with Crippen molar-refractivity contribution >= 4 is 50.3 Å². The zero-order valence-electron chi connectivity index (χ0n) is 22.5. The Labute approximate surface area is 249 Å². The molecule has 0 spiro atoms. The minimum Gasteiger partial charge on any atom is -0.261 e. The topological polar surface area (TPSA) is 114 Å². The summed E-state index contributed by atoms with van der Waals surface area (Å²) in [5, 5.41) is 16.8. The first-order valence-electron chi connectivity index (χ1n) is 13.5. The monoisotopic (exact) mass is 590 g/mol.